The number of H-pyrrole nitrogens is 1. The maximum Gasteiger partial charge on any atom is 0.135 e. The van der Waals surface area contributed by atoms with Crippen molar-refractivity contribution in [3.63, 3.8) is 0 Å². The molecule has 2 rings (SSSR count). The summed E-state index contributed by atoms with van der Waals surface area (Å²) in [7, 11) is 0. The maximum absolute atomic E-state index is 9.90. The van der Waals surface area contributed by atoms with Crippen LogP contribution >= 0.6 is 11.6 Å². The van der Waals surface area contributed by atoms with Crippen LogP contribution < -0.4 is 0 Å². The van der Waals surface area contributed by atoms with Crippen molar-refractivity contribution >= 4 is 11.6 Å². The van der Waals surface area contributed by atoms with Gasteiger partial charge in [0, 0.05) is 23.8 Å². The van der Waals surface area contributed by atoms with Gasteiger partial charge in [0.25, 0.3) is 0 Å². The zero-order valence-corrected chi connectivity index (χ0v) is 9.70. The summed E-state index contributed by atoms with van der Waals surface area (Å²) in [5, 5.41) is 10.6. The van der Waals surface area contributed by atoms with E-state index in [1.807, 2.05) is 25.1 Å². The minimum Gasteiger partial charge on any atom is -0.385 e. The molecule has 4 heteroatoms. The van der Waals surface area contributed by atoms with E-state index in [9.17, 15) is 5.11 Å². The molecular formula is C12H13ClN2O. The lowest BCUT2D eigenvalue weighted by Crippen LogP contribution is -2.04. The topological polar surface area (TPSA) is 48.9 Å². The molecule has 0 aliphatic rings. The Morgan fingerprint density at radius 2 is 2.31 bits per heavy atom. The Hall–Kier alpha value is -1.32. The molecule has 2 N–H and O–H groups in total. The summed E-state index contributed by atoms with van der Waals surface area (Å²) in [6.45, 7) is 1.98. The first-order chi connectivity index (χ1) is 7.66. The quantitative estimate of drug-likeness (QED) is 0.861. The number of aryl methyl sites for hydroxylation is 1. The van der Waals surface area contributed by atoms with E-state index in [4.69, 9.17) is 11.6 Å². The predicted molar refractivity (Wildman–Crippen MR) is 63.4 cm³/mol. The molecule has 0 amide bonds. The van der Waals surface area contributed by atoms with E-state index in [1.54, 1.807) is 12.4 Å². The number of aliphatic hydroxyl groups excluding tert-OH is 1. The average Bonchev–Trinajstić information content (AvgIpc) is 2.75. The van der Waals surface area contributed by atoms with Crippen molar-refractivity contribution in [1.82, 2.24) is 9.97 Å². The first-order valence-corrected chi connectivity index (χ1v) is 5.47. The van der Waals surface area contributed by atoms with Crippen LogP contribution in [0.15, 0.2) is 30.6 Å². The Bertz CT molecular complexity index is 468. The van der Waals surface area contributed by atoms with Crippen LogP contribution in [0.25, 0.3) is 0 Å². The molecule has 1 aromatic heterocycles. The van der Waals surface area contributed by atoms with Crippen LogP contribution in [0.3, 0.4) is 0 Å². The molecule has 0 saturated heterocycles. The summed E-state index contributed by atoms with van der Waals surface area (Å²) in [4.78, 5) is 6.89. The third-order valence-corrected chi connectivity index (χ3v) is 2.81. The zero-order valence-electron chi connectivity index (χ0n) is 8.94. The molecule has 1 heterocycles. The van der Waals surface area contributed by atoms with E-state index < -0.39 is 6.10 Å². The van der Waals surface area contributed by atoms with Gasteiger partial charge in [0.15, 0.2) is 0 Å². The summed E-state index contributed by atoms with van der Waals surface area (Å²) in [5.41, 5.74) is 2.04. The predicted octanol–water partition coefficient (Wildman–Crippen LogP) is 2.65. The lowest BCUT2D eigenvalue weighted by Gasteiger charge is -2.09. The fraction of sp³-hybridized carbons (Fsp3) is 0.250. The fourth-order valence-electron chi connectivity index (χ4n) is 1.58. The normalized spacial score (nSPS) is 12.7. The molecule has 3 nitrogen and oxygen atoms in total. The Morgan fingerprint density at radius 1 is 1.50 bits per heavy atom. The molecular weight excluding hydrogens is 224 g/mol. The second-order valence-electron chi connectivity index (χ2n) is 3.79. The van der Waals surface area contributed by atoms with Crippen molar-refractivity contribution in [2.75, 3.05) is 0 Å². The van der Waals surface area contributed by atoms with E-state index in [0.717, 1.165) is 11.1 Å². The molecule has 1 aromatic carbocycles. The summed E-state index contributed by atoms with van der Waals surface area (Å²) in [6, 6.07) is 5.81. The number of halogens is 1. The van der Waals surface area contributed by atoms with Crippen LogP contribution in [0, 0.1) is 6.92 Å². The molecule has 0 saturated carbocycles. The molecule has 84 valence electrons. The highest BCUT2D eigenvalue weighted by molar-refractivity contribution is 6.31. The minimum atomic E-state index is -0.643. The molecule has 1 unspecified atom stereocenters. The standard InChI is InChI=1S/C12H13ClN2O/c1-8-2-3-9(10(13)6-8)7-11(16)12-14-4-5-15-12/h2-6,11,16H,7H2,1H3,(H,14,15). The monoisotopic (exact) mass is 236 g/mol. The first-order valence-electron chi connectivity index (χ1n) is 5.09. The summed E-state index contributed by atoms with van der Waals surface area (Å²) >= 11 is 6.09. The van der Waals surface area contributed by atoms with Crippen molar-refractivity contribution in [3.8, 4) is 0 Å². The summed E-state index contributed by atoms with van der Waals surface area (Å²) in [6.07, 6.45) is 3.13. The minimum absolute atomic E-state index is 0.465. The van der Waals surface area contributed by atoms with Crippen molar-refractivity contribution in [1.29, 1.82) is 0 Å². The Balaban J connectivity index is 2.15. The number of hydrogen-bond donors (Lipinski definition) is 2. The first kappa shape index (κ1) is 11.2. The summed E-state index contributed by atoms with van der Waals surface area (Å²) < 4.78 is 0. The van der Waals surface area contributed by atoms with Gasteiger partial charge in [-0.3, -0.25) is 0 Å². The number of aromatic amines is 1. The van der Waals surface area contributed by atoms with Crippen LogP contribution in [-0.2, 0) is 6.42 Å². The third kappa shape index (κ3) is 2.43. The second-order valence-corrected chi connectivity index (χ2v) is 4.20. The molecule has 1 atom stereocenters. The van der Waals surface area contributed by atoms with Crippen molar-refractivity contribution in [2.24, 2.45) is 0 Å². The van der Waals surface area contributed by atoms with Gasteiger partial charge in [-0.1, -0.05) is 23.7 Å². The molecule has 2 aromatic rings. The molecule has 0 aliphatic heterocycles. The lowest BCUT2D eigenvalue weighted by atomic mass is 10.1. The van der Waals surface area contributed by atoms with E-state index in [0.29, 0.717) is 17.3 Å². The van der Waals surface area contributed by atoms with Gasteiger partial charge in [0.1, 0.15) is 11.9 Å². The summed E-state index contributed by atoms with van der Waals surface area (Å²) in [5.74, 6) is 0.566. The highest BCUT2D eigenvalue weighted by Crippen LogP contribution is 2.22. The van der Waals surface area contributed by atoms with Crippen LogP contribution in [-0.4, -0.2) is 15.1 Å². The highest BCUT2D eigenvalue weighted by Gasteiger charge is 2.12. The number of rotatable bonds is 3. The van der Waals surface area contributed by atoms with Crippen LogP contribution in [0.5, 0.6) is 0 Å². The van der Waals surface area contributed by atoms with Crippen molar-refractivity contribution in [3.05, 3.63) is 52.6 Å². The number of nitrogens with zero attached hydrogens (tertiary/aromatic N) is 1. The SMILES string of the molecule is Cc1ccc(CC(O)c2ncc[nH]2)c(Cl)c1. The van der Waals surface area contributed by atoms with Gasteiger partial charge in [0.05, 0.1) is 0 Å². The number of aliphatic hydroxyl groups is 1. The maximum atomic E-state index is 9.90. The number of benzene rings is 1. The fourth-order valence-corrected chi connectivity index (χ4v) is 1.89. The van der Waals surface area contributed by atoms with Crippen LogP contribution in [0.4, 0.5) is 0 Å². The van der Waals surface area contributed by atoms with Crippen molar-refractivity contribution in [2.45, 2.75) is 19.4 Å². The zero-order chi connectivity index (χ0) is 11.5. The lowest BCUT2D eigenvalue weighted by molar-refractivity contribution is 0.169. The smallest absolute Gasteiger partial charge is 0.135 e. The van der Waals surface area contributed by atoms with Gasteiger partial charge in [-0.2, -0.15) is 0 Å². The molecule has 0 radical (unpaired) electrons. The van der Waals surface area contributed by atoms with E-state index in [1.165, 1.54) is 0 Å². The van der Waals surface area contributed by atoms with Crippen LogP contribution in [0.2, 0.25) is 5.02 Å². The number of nitrogens with one attached hydrogen (secondary N) is 1. The number of hydrogen-bond acceptors (Lipinski definition) is 2. The highest BCUT2D eigenvalue weighted by atomic mass is 35.5. The molecule has 16 heavy (non-hydrogen) atoms. The van der Waals surface area contributed by atoms with Gasteiger partial charge in [-0.25, -0.2) is 4.98 Å². The Kier molecular flexibility index (Phi) is 3.27. The van der Waals surface area contributed by atoms with Gasteiger partial charge < -0.3 is 10.1 Å². The van der Waals surface area contributed by atoms with E-state index in [-0.39, 0.29) is 0 Å². The van der Waals surface area contributed by atoms with Gasteiger partial charge >= 0.3 is 0 Å². The van der Waals surface area contributed by atoms with Gasteiger partial charge in [-0.05, 0) is 24.1 Å². The van der Waals surface area contributed by atoms with E-state index >= 15 is 0 Å². The molecule has 0 fully saturated rings. The Labute approximate surface area is 99.1 Å². The molecule has 0 bridgehead atoms. The van der Waals surface area contributed by atoms with Gasteiger partial charge in [-0.15, -0.1) is 0 Å². The van der Waals surface area contributed by atoms with Gasteiger partial charge in [0.2, 0.25) is 0 Å². The molecule has 0 aliphatic carbocycles. The number of imidazole rings is 1. The third-order valence-electron chi connectivity index (χ3n) is 2.46. The van der Waals surface area contributed by atoms with Crippen molar-refractivity contribution < 1.29 is 5.11 Å². The van der Waals surface area contributed by atoms with Crippen LogP contribution in [0.1, 0.15) is 23.1 Å². The second kappa shape index (κ2) is 4.68. The largest absolute Gasteiger partial charge is 0.385 e. The average molecular weight is 237 g/mol. The van der Waals surface area contributed by atoms with E-state index in [2.05, 4.69) is 9.97 Å². The number of aromatic nitrogens is 2. The Morgan fingerprint density at radius 3 is 2.94 bits per heavy atom. The molecule has 0 spiro atoms.